The van der Waals surface area contributed by atoms with Crippen LogP contribution in [-0.4, -0.2) is 4.92 Å². The molecule has 0 heterocycles. The van der Waals surface area contributed by atoms with E-state index in [1.54, 1.807) is 6.92 Å². The van der Waals surface area contributed by atoms with E-state index in [0.29, 0.717) is 28.5 Å². The van der Waals surface area contributed by atoms with Crippen LogP contribution in [0.15, 0.2) is 21.3 Å². The van der Waals surface area contributed by atoms with Crippen molar-refractivity contribution in [2.24, 2.45) is 0 Å². The minimum Gasteiger partial charge on any atom is -0.259 e. The van der Waals surface area contributed by atoms with Crippen molar-refractivity contribution in [3.63, 3.8) is 0 Å². The highest BCUT2D eigenvalue weighted by Gasteiger charge is 2.23. The van der Waals surface area contributed by atoms with Crippen molar-refractivity contribution < 1.29 is 4.92 Å². The maximum Gasteiger partial charge on any atom is 0.251 e. The van der Waals surface area contributed by atoms with Crippen LogP contribution in [0, 0.1) is 10.1 Å². The van der Waals surface area contributed by atoms with Crippen LogP contribution in [0.3, 0.4) is 0 Å². The number of hydrogen-bond acceptors (Lipinski definition) is 2. The van der Waals surface area contributed by atoms with E-state index in [1.165, 1.54) is 0 Å². The maximum atomic E-state index is 10.4. The van der Waals surface area contributed by atoms with E-state index in [1.807, 2.05) is 0 Å². The quantitative estimate of drug-likeness (QED) is 0.491. The Bertz CT molecular complexity index is 294. The zero-order chi connectivity index (χ0) is 9.30. The lowest BCUT2D eigenvalue weighted by molar-refractivity contribution is -0.429. The second kappa shape index (κ2) is 3.46. The number of allylic oxidation sites excluding steroid dienone is 4. The van der Waals surface area contributed by atoms with Crippen molar-refractivity contribution >= 4 is 23.2 Å². The smallest absolute Gasteiger partial charge is 0.251 e. The van der Waals surface area contributed by atoms with E-state index in [-0.39, 0.29) is 5.70 Å². The molecule has 1 rings (SSSR count). The third kappa shape index (κ3) is 1.62. The minimum atomic E-state index is -0.402. The molecule has 12 heavy (non-hydrogen) atoms. The van der Waals surface area contributed by atoms with Gasteiger partial charge in [0.1, 0.15) is 0 Å². The summed E-state index contributed by atoms with van der Waals surface area (Å²) in [5.41, 5.74) is 0.655. The second-order valence-electron chi connectivity index (χ2n) is 2.55. The fourth-order valence-corrected chi connectivity index (χ4v) is 1.52. The van der Waals surface area contributed by atoms with Gasteiger partial charge in [-0.3, -0.25) is 10.1 Å². The molecule has 0 aromatic carbocycles. The summed E-state index contributed by atoms with van der Waals surface area (Å²) in [5, 5.41) is 11.3. The molecule has 1 aliphatic rings. The van der Waals surface area contributed by atoms with E-state index in [0.717, 1.165) is 0 Å². The first-order valence-corrected chi connectivity index (χ1v) is 4.18. The zero-order valence-electron chi connectivity index (χ0n) is 6.43. The van der Waals surface area contributed by atoms with Crippen LogP contribution in [0.25, 0.3) is 0 Å². The highest BCUT2D eigenvalue weighted by atomic mass is 35.5. The molecule has 0 fully saturated rings. The number of nitrogens with zero attached hydrogens (tertiary/aromatic N) is 1. The summed E-state index contributed by atoms with van der Waals surface area (Å²) in [5.74, 6) is 0. The summed E-state index contributed by atoms with van der Waals surface area (Å²) in [7, 11) is 0. The van der Waals surface area contributed by atoms with Crippen LogP contribution < -0.4 is 0 Å². The molecular formula is C7H7Cl2NO2. The van der Waals surface area contributed by atoms with Gasteiger partial charge >= 0.3 is 0 Å². The molecule has 66 valence electrons. The van der Waals surface area contributed by atoms with Crippen molar-refractivity contribution in [3.8, 4) is 0 Å². The second-order valence-corrected chi connectivity index (χ2v) is 3.38. The van der Waals surface area contributed by atoms with Crippen molar-refractivity contribution in [2.45, 2.75) is 19.8 Å². The molecule has 0 aromatic heterocycles. The molecule has 0 saturated carbocycles. The van der Waals surface area contributed by atoms with Crippen LogP contribution in [-0.2, 0) is 0 Å². The lowest BCUT2D eigenvalue weighted by Crippen LogP contribution is -2.06. The Morgan fingerprint density at radius 1 is 1.42 bits per heavy atom. The topological polar surface area (TPSA) is 43.1 Å². The summed E-state index contributed by atoms with van der Waals surface area (Å²) in [6, 6.07) is 0. The molecule has 0 unspecified atom stereocenters. The Labute approximate surface area is 79.8 Å². The summed E-state index contributed by atoms with van der Waals surface area (Å²) >= 11 is 11.5. The van der Waals surface area contributed by atoms with Gasteiger partial charge in [-0.05, 0) is 13.3 Å². The van der Waals surface area contributed by atoms with Crippen molar-refractivity contribution in [1.82, 2.24) is 0 Å². The summed E-state index contributed by atoms with van der Waals surface area (Å²) < 4.78 is 0. The highest BCUT2D eigenvalue weighted by molar-refractivity contribution is 6.40. The van der Waals surface area contributed by atoms with Crippen molar-refractivity contribution in [3.05, 3.63) is 31.4 Å². The first kappa shape index (κ1) is 9.55. The number of halogens is 2. The average molecular weight is 208 g/mol. The first-order chi connectivity index (χ1) is 5.54. The monoisotopic (exact) mass is 207 g/mol. The Hall–Kier alpha value is -0.540. The van der Waals surface area contributed by atoms with Gasteiger partial charge in [0.05, 0.1) is 9.96 Å². The number of nitro groups is 1. The molecular weight excluding hydrogens is 201 g/mol. The molecule has 5 heteroatoms. The molecule has 0 aliphatic heterocycles. The molecule has 0 spiro atoms. The lowest BCUT2D eigenvalue weighted by Gasteiger charge is -2.11. The largest absolute Gasteiger partial charge is 0.259 e. The SMILES string of the molecule is CC1=C([N+](=O)[O-])CCC(Cl)=C1Cl. The van der Waals surface area contributed by atoms with Gasteiger partial charge in [-0.25, -0.2) is 0 Å². The van der Waals surface area contributed by atoms with Gasteiger partial charge < -0.3 is 0 Å². The van der Waals surface area contributed by atoms with Gasteiger partial charge in [0.2, 0.25) is 0 Å². The fraction of sp³-hybridized carbons (Fsp3) is 0.429. The highest BCUT2D eigenvalue weighted by Crippen LogP contribution is 2.34. The number of hydrogen-bond donors (Lipinski definition) is 0. The molecule has 3 nitrogen and oxygen atoms in total. The van der Waals surface area contributed by atoms with E-state index in [2.05, 4.69) is 0 Å². The summed E-state index contributed by atoms with van der Waals surface area (Å²) in [6.07, 6.45) is 0.835. The maximum absolute atomic E-state index is 10.4. The molecule has 0 aromatic rings. The van der Waals surface area contributed by atoms with E-state index >= 15 is 0 Å². The van der Waals surface area contributed by atoms with Crippen LogP contribution in [0.5, 0.6) is 0 Å². The third-order valence-corrected chi connectivity index (χ3v) is 2.79. The minimum absolute atomic E-state index is 0.171. The molecule has 0 N–H and O–H groups in total. The molecule has 0 saturated heterocycles. The standard InChI is InChI=1S/C7H7Cl2NO2/c1-4-6(10(11)12)3-2-5(8)7(4)9/h2-3H2,1H3. The predicted octanol–water partition coefficient (Wildman–Crippen LogP) is 3.02. The Kier molecular flexibility index (Phi) is 2.75. The van der Waals surface area contributed by atoms with E-state index in [4.69, 9.17) is 23.2 Å². The van der Waals surface area contributed by atoms with Gasteiger partial charge in [-0.1, -0.05) is 23.2 Å². The molecule has 0 radical (unpaired) electrons. The molecule has 0 amide bonds. The third-order valence-electron chi connectivity index (χ3n) is 1.80. The van der Waals surface area contributed by atoms with Crippen LogP contribution >= 0.6 is 23.2 Å². The van der Waals surface area contributed by atoms with Gasteiger partial charge in [-0.2, -0.15) is 0 Å². The average Bonchev–Trinajstić information content (AvgIpc) is 2.00. The van der Waals surface area contributed by atoms with E-state index in [9.17, 15) is 10.1 Å². The molecule has 0 bridgehead atoms. The normalized spacial score (nSPS) is 18.6. The zero-order valence-corrected chi connectivity index (χ0v) is 7.95. The van der Waals surface area contributed by atoms with Gasteiger partial charge in [0, 0.05) is 17.0 Å². The summed E-state index contributed by atoms with van der Waals surface area (Å²) in [6.45, 7) is 1.61. The van der Waals surface area contributed by atoms with Gasteiger partial charge in [0.25, 0.3) is 5.70 Å². The fourth-order valence-electron chi connectivity index (χ4n) is 1.08. The Morgan fingerprint density at radius 2 is 2.00 bits per heavy atom. The van der Waals surface area contributed by atoms with Crippen LogP contribution in [0.2, 0.25) is 0 Å². The van der Waals surface area contributed by atoms with Crippen LogP contribution in [0.4, 0.5) is 0 Å². The van der Waals surface area contributed by atoms with Crippen LogP contribution in [0.1, 0.15) is 19.8 Å². The lowest BCUT2D eigenvalue weighted by atomic mass is 10.0. The molecule has 0 atom stereocenters. The van der Waals surface area contributed by atoms with Gasteiger partial charge in [-0.15, -0.1) is 0 Å². The van der Waals surface area contributed by atoms with Crippen molar-refractivity contribution in [2.75, 3.05) is 0 Å². The molecule has 1 aliphatic carbocycles. The predicted molar refractivity (Wildman–Crippen MR) is 47.7 cm³/mol. The van der Waals surface area contributed by atoms with E-state index < -0.39 is 4.92 Å². The summed E-state index contributed by atoms with van der Waals surface area (Å²) in [4.78, 5) is 10.0. The number of rotatable bonds is 1. The van der Waals surface area contributed by atoms with Crippen molar-refractivity contribution in [1.29, 1.82) is 0 Å². The first-order valence-electron chi connectivity index (χ1n) is 3.42. The Balaban J connectivity index is 3.11. The Morgan fingerprint density at radius 3 is 2.50 bits per heavy atom. The van der Waals surface area contributed by atoms with Gasteiger partial charge in [0.15, 0.2) is 0 Å².